The first-order valence-electron chi connectivity index (χ1n) is 6.66. The third kappa shape index (κ3) is 2.23. The molecule has 110 valence electrons. The minimum Gasteiger partial charge on any atom is -0.497 e. The number of fused-ring (bicyclic) bond motifs is 1. The monoisotopic (exact) mass is 312 g/mol. The summed E-state index contributed by atoms with van der Waals surface area (Å²) in [4.78, 5) is 0.771. The zero-order valence-electron chi connectivity index (χ0n) is 11.7. The molecule has 0 aliphatic rings. The van der Waals surface area contributed by atoms with Crippen molar-refractivity contribution in [3.63, 3.8) is 0 Å². The van der Waals surface area contributed by atoms with E-state index >= 15 is 0 Å². The fourth-order valence-electron chi connectivity index (χ4n) is 2.17. The topological polar surface area (TPSA) is 70.1 Å². The Balaban J connectivity index is 1.70. The number of nitrogens with zero attached hydrogens (tertiary/aromatic N) is 6. The predicted molar refractivity (Wildman–Crippen MR) is 82.0 cm³/mol. The van der Waals surface area contributed by atoms with E-state index < -0.39 is 0 Å². The fourth-order valence-corrected chi connectivity index (χ4v) is 3.00. The van der Waals surface area contributed by atoms with E-state index in [2.05, 4.69) is 20.4 Å². The van der Waals surface area contributed by atoms with Gasteiger partial charge in [-0.15, -0.1) is 10.2 Å². The molecule has 0 amide bonds. The molecule has 0 bridgehead atoms. The molecule has 0 saturated heterocycles. The maximum atomic E-state index is 5.17. The van der Waals surface area contributed by atoms with Crippen LogP contribution in [0.2, 0.25) is 0 Å². The predicted octanol–water partition coefficient (Wildman–Crippen LogP) is 2.11. The normalized spacial score (nSPS) is 11.1. The van der Waals surface area contributed by atoms with Gasteiger partial charge in [-0.1, -0.05) is 11.3 Å². The molecule has 1 aromatic carbocycles. The van der Waals surface area contributed by atoms with Crippen LogP contribution in [0.3, 0.4) is 0 Å². The molecule has 3 heterocycles. The van der Waals surface area contributed by atoms with Crippen molar-refractivity contribution in [3.05, 3.63) is 47.7 Å². The van der Waals surface area contributed by atoms with Crippen LogP contribution in [0.1, 0.15) is 5.01 Å². The standard InChI is InChI=1S/C14H12N6OS/c1-21-11-5-3-10(4-6-11)13-16-17-14-20(13)18-12(22-14)9-19-8-2-7-15-19/h2-8H,9H2,1H3. The van der Waals surface area contributed by atoms with Gasteiger partial charge in [-0.05, 0) is 30.3 Å². The second-order valence-electron chi connectivity index (χ2n) is 4.65. The maximum absolute atomic E-state index is 5.17. The smallest absolute Gasteiger partial charge is 0.235 e. The van der Waals surface area contributed by atoms with Crippen molar-refractivity contribution in [1.29, 1.82) is 0 Å². The van der Waals surface area contributed by atoms with Crippen LogP contribution in [0.15, 0.2) is 42.7 Å². The zero-order valence-corrected chi connectivity index (χ0v) is 12.6. The van der Waals surface area contributed by atoms with Gasteiger partial charge in [0.25, 0.3) is 0 Å². The number of aromatic nitrogens is 6. The number of benzene rings is 1. The minimum absolute atomic E-state index is 0.628. The number of hydrogen-bond acceptors (Lipinski definition) is 6. The van der Waals surface area contributed by atoms with Crippen LogP contribution >= 0.6 is 11.3 Å². The van der Waals surface area contributed by atoms with E-state index in [1.807, 2.05) is 41.2 Å². The molecule has 3 aromatic heterocycles. The molecule has 0 aliphatic heterocycles. The van der Waals surface area contributed by atoms with E-state index in [1.54, 1.807) is 17.8 Å². The lowest BCUT2D eigenvalue weighted by molar-refractivity contribution is 0.415. The van der Waals surface area contributed by atoms with Crippen molar-refractivity contribution in [2.24, 2.45) is 0 Å². The summed E-state index contributed by atoms with van der Waals surface area (Å²) in [5, 5.41) is 18.1. The molecule has 0 aliphatic carbocycles. The Bertz CT molecular complexity index is 893. The second kappa shape index (κ2) is 5.23. The van der Waals surface area contributed by atoms with Crippen molar-refractivity contribution < 1.29 is 4.74 Å². The summed E-state index contributed by atoms with van der Waals surface area (Å²) in [6.45, 7) is 0.628. The molecule has 4 aromatic rings. The molecule has 0 N–H and O–H groups in total. The van der Waals surface area contributed by atoms with Gasteiger partial charge in [-0.3, -0.25) is 4.68 Å². The molecule has 0 spiro atoms. The quantitative estimate of drug-likeness (QED) is 0.577. The number of ether oxygens (including phenoxy) is 1. The van der Waals surface area contributed by atoms with Crippen molar-refractivity contribution in [1.82, 2.24) is 29.6 Å². The summed E-state index contributed by atoms with van der Waals surface area (Å²) in [6, 6.07) is 9.58. The molecule has 4 rings (SSSR count). The summed E-state index contributed by atoms with van der Waals surface area (Å²) >= 11 is 1.51. The van der Waals surface area contributed by atoms with Crippen LogP contribution < -0.4 is 4.74 Å². The zero-order chi connectivity index (χ0) is 14.9. The van der Waals surface area contributed by atoms with E-state index in [1.165, 1.54) is 11.3 Å². The van der Waals surface area contributed by atoms with Crippen LogP contribution in [0.25, 0.3) is 16.3 Å². The summed E-state index contributed by atoms with van der Waals surface area (Å²) in [5.74, 6) is 1.53. The fraction of sp³-hybridized carbons (Fsp3) is 0.143. The summed E-state index contributed by atoms with van der Waals surface area (Å²) in [5.41, 5.74) is 0.948. The van der Waals surface area contributed by atoms with Gasteiger partial charge in [0.05, 0.1) is 13.7 Å². The van der Waals surface area contributed by atoms with Crippen LogP contribution in [0.4, 0.5) is 0 Å². The second-order valence-corrected chi connectivity index (χ2v) is 5.69. The van der Waals surface area contributed by atoms with Crippen molar-refractivity contribution >= 4 is 16.3 Å². The average molecular weight is 312 g/mol. The van der Waals surface area contributed by atoms with Gasteiger partial charge in [0.15, 0.2) is 5.82 Å². The third-order valence-corrected chi connectivity index (χ3v) is 4.12. The van der Waals surface area contributed by atoms with Crippen molar-refractivity contribution in [2.45, 2.75) is 6.54 Å². The highest BCUT2D eigenvalue weighted by molar-refractivity contribution is 7.16. The van der Waals surface area contributed by atoms with Gasteiger partial charge < -0.3 is 4.74 Å². The molecule has 0 atom stereocenters. The Kier molecular flexibility index (Phi) is 3.08. The highest BCUT2D eigenvalue weighted by atomic mass is 32.1. The Morgan fingerprint density at radius 2 is 2.05 bits per heavy atom. The van der Waals surface area contributed by atoms with E-state index in [9.17, 15) is 0 Å². The van der Waals surface area contributed by atoms with Gasteiger partial charge in [-0.2, -0.15) is 14.7 Å². The van der Waals surface area contributed by atoms with Crippen LogP contribution in [-0.4, -0.2) is 36.7 Å². The molecular formula is C14H12N6OS. The van der Waals surface area contributed by atoms with E-state index in [-0.39, 0.29) is 0 Å². The lowest BCUT2D eigenvalue weighted by Crippen LogP contribution is -2.00. The van der Waals surface area contributed by atoms with Crippen molar-refractivity contribution in [3.8, 4) is 17.1 Å². The van der Waals surface area contributed by atoms with Gasteiger partial charge in [-0.25, -0.2) is 0 Å². The van der Waals surface area contributed by atoms with Gasteiger partial charge in [0.1, 0.15) is 10.8 Å². The molecule has 7 nitrogen and oxygen atoms in total. The maximum Gasteiger partial charge on any atom is 0.235 e. The highest BCUT2D eigenvalue weighted by Gasteiger charge is 2.13. The lowest BCUT2D eigenvalue weighted by atomic mass is 10.2. The molecule has 22 heavy (non-hydrogen) atoms. The summed E-state index contributed by atoms with van der Waals surface area (Å²) in [6.07, 6.45) is 3.66. The Morgan fingerprint density at radius 1 is 1.18 bits per heavy atom. The lowest BCUT2D eigenvalue weighted by Gasteiger charge is -2.00. The first-order chi connectivity index (χ1) is 10.8. The molecule has 0 unspecified atom stereocenters. The number of rotatable bonds is 4. The van der Waals surface area contributed by atoms with Crippen LogP contribution in [-0.2, 0) is 6.54 Å². The van der Waals surface area contributed by atoms with E-state index in [0.29, 0.717) is 6.54 Å². The minimum atomic E-state index is 0.628. The van der Waals surface area contributed by atoms with Crippen LogP contribution in [0, 0.1) is 0 Å². The third-order valence-electron chi connectivity index (χ3n) is 3.24. The van der Waals surface area contributed by atoms with Gasteiger partial charge >= 0.3 is 0 Å². The van der Waals surface area contributed by atoms with Gasteiger partial charge in [0.2, 0.25) is 4.96 Å². The highest BCUT2D eigenvalue weighted by Crippen LogP contribution is 2.23. The molecule has 0 saturated carbocycles. The first kappa shape index (κ1) is 13.0. The SMILES string of the molecule is COc1ccc(-c2nnc3sc(Cn4cccn4)nn23)cc1. The molecule has 0 fully saturated rings. The van der Waals surface area contributed by atoms with Crippen molar-refractivity contribution in [2.75, 3.05) is 7.11 Å². The first-order valence-corrected chi connectivity index (χ1v) is 7.48. The largest absolute Gasteiger partial charge is 0.497 e. The van der Waals surface area contributed by atoms with Crippen LogP contribution in [0.5, 0.6) is 5.75 Å². The molecular weight excluding hydrogens is 300 g/mol. The molecule has 8 heteroatoms. The Hall–Kier alpha value is -2.74. The van der Waals surface area contributed by atoms with E-state index in [4.69, 9.17) is 4.74 Å². The summed E-state index contributed by atoms with van der Waals surface area (Å²) < 4.78 is 8.77. The number of hydrogen-bond donors (Lipinski definition) is 0. The Labute approximate surface area is 129 Å². The van der Waals surface area contributed by atoms with Gasteiger partial charge in [0, 0.05) is 18.0 Å². The molecule has 0 radical (unpaired) electrons. The Morgan fingerprint density at radius 3 is 2.77 bits per heavy atom. The number of methoxy groups -OCH3 is 1. The summed E-state index contributed by atoms with van der Waals surface area (Å²) in [7, 11) is 1.65. The van der Waals surface area contributed by atoms with E-state index in [0.717, 1.165) is 27.1 Å². The average Bonchev–Trinajstić information content (AvgIpc) is 3.25.